The van der Waals surface area contributed by atoms with Gasteiger partial charge in [0, 0.05) is 16.1 Å². The molecule has 0 aliphatic carbocycles. The van der Waals surface area contributed by atoms with Gasteiger partial charge in [0.25, 0.3) is 0 Å². The summed E-state index contributed by atoms with van der Waals surface area (Å²) in [5.74, 6) is 0.0275. The first-order chi connectivity index (χ1) is 9.66. The largest absolute Gasteiger partial charge is 0.494 e. The molecule has 0 amide bonds. The number of benzene rings is 2. The Labute approximate surface area is 124 Å². The summed E-state index contributed by atoms with van der Waals surface area (Å²) in [6.07, 6.45) is 0. The topological polar surface area (TPSA) is 45.4 Å². The maximum atomic E-state index is 10.4. The first-order valence-corrected chi connectivity index (χ1v) is 6.91. The predicted molar refractivity (Wildman–Crippen MR) is 82.2 cm³/mol. The van der Waals surface area contributed by atoms with Gasteiger partial charge in [-0.2, -0.15) is 0 Å². The number of aromatic hydroxyl groups is 2. The summed E-state index contributed by atoms with van der Waals surface area (Å²) in [4.78, 5) is 0. The summed E-state index contributed by atoms with van der Waals surface area (Å²) in [6.45, 7) is 0. The van der Waals surface area contributed by atoms with E-state index in [9.17, 15) is 10.2 Å². The molecule has 3 rings (SSSR count). The van der Waals surface area contributed by atoms with Crippen LogP contribution in [0.25, 0.3) is 16.8 Å². The van der Waals surface area contributed by atoms with Crippen molar-refractivity contribution in [2.75, 3.05) is 0 Å². The van der Waals surface area contributed by atoms with E-state index in [1.807, 2.05) is 54.6 Å². The molecule has 0 unspecified atom stereocenters. The van der Waals surface area contributed by atoms with E-state index in [1.165, 1.54) is 4.57 Å². The highest BCUT2D eigenvalue weighted by Crippen LogP contribution is 2.38. The van der Waals surface area contributed by atoms with Crippen molar-refractivity contribution in [2.24, 2.45) is 0 Å². The first-order valence-electron chi connectivity index (χ1n) is 6.12. The third kappa shape index (κ3) is 2.18. The smallest absolute Gasteiger partial charge is 0.206 e. The number of nitrogens with zero attached hydrogens (tertiary/aromatic N) is 1. The minimum absolute atomic E-state index is 0.00340. The molecule has 0 aliphatic rings. The van der Waals surface area contributed by atoms with Crippen LogP contribution >= 0.6 is 15.9 Å². The molecule has 0 radical (unpaired) electrons. The Morgan fingerprint density at radius 3 is 2.15 bits per heavy atom. The molecule has 0 saturated carbocycles. The van der Waals surface area contributed by atoms with Crippen molar-refractivity contribution in [1.82, 2.24) is 4.57 Å². The second-order valence-corrected chi connectivity index (χ2v) is 5.33. The quantitative estimate of drug-likeness (QED) is 0.735. The van der Waals surface area contributed by atoms with E-state index in [4.69, 9.17) is 0 Å². The lowest BCUT2D eigenvalue weighted by atomic mass is 10.1. The Bertz CT molecular complexity index is 733. The lowest BCUT2D eigenvalue weighted by molar-refractivity contribution is 0.403. The number of hydrogen-bond donors (Lipinski definition) is 2. The van der Waals surface area contributed by atoms with Gasteiger partial charge in [0.1, 0.15) is 0 Å². The normalized spacial score (nSPS) is 10.7. The van der Waals surface area contributed by atoms with E-state index in [0.29, 0.717) is 11.3 Å². The van der Waals surface area contributed by atoms with Crippen LogP contribution in [-0.2, 0) is 0 Å². The average Bonchev–Trinajstić information content (AvgIpc) is 2.76. The van der Waals surface area contributed by atoms with Crippen LogP contribution in [0.4, 0.5) is 0 Å². The number of halogens is 1. The van der Waals surface area contributed by atoms with Crippen LogP contribution < -0.4 is 0 Å². The molecule has 0 fully saturated rings. The molecule has 0 bridgehead atoms. The molecule has 100 valence electrons. The fourth-order valence-corrected chi connectivity index (χ4v) is 2.43. The van der Waals surface area contributed by atoms with Crippen molar-refractivity contribution in [3.63, 3.8) is 0 Å². The standard InChI is InChI=1S/C16H12BrNO2/c17-12-6-8-13(9-7-12)18-15(19)10-14(16(18)20)11-4-2-1-3-5-11/h1-10,19-20H. The molecule has 0 atom stereocenters. The van der Waals surface area contributed by atoms with E-state index in [2.05, 4.69) is 15.9 Å². The van der Waals surface area contributed by atoms with Gasteiger partial charge in [0.05, 0.1) is 5.69 Å². The molecule has 1 aromatic heterocycles. The van der Waals surface area contributed by atoms with Gasteiger partial charge in [-0.25, -0.2) is 0 Å². The molecule has 2 aromatic carbocycles. The summed E-state index contributed by atoms with van der Waals surface area (Å²) in [6, 6.07) is 18.4. The van der Waals surface area contributed by atoms with Gasteiger partial charge in [-0.1, -0.05) is 46.3 Å². The second kappa shape index (κ2) is 5.06. The van der Waals surface area contributed by atoms with Crippen LogP contribution in [0, 0.1) is 0 Å². The van der Waals surface area contributed by atoms with Crippen LogP contribution in [0.1, 0.15) is 0 Å². The van der Waals surface area contributed by atoms with Crippen LogP contribution in [0.2, 0.25) is 0 Å². The Hall–Kier alpha value is -2.20. The average molecular weight is 330 g/mol. The van der Waals surface area contributed by atoms with Crippen LogP contribution in [0.15, 0.2) is 65.1 Å². The molecule has 20 heavy (non-hydrogen) atoms. The number of rotatable bonds is 2. The van der Waals surface area contributed by atoms with E-state index in [1.54, 1.807) is 6.07 Å². The lowest BCUT2D eigenvalue weighted by Gasteiger charge is -2.07. The molecular formula is C16H12BrNO2. The molecule has 4 heteroatoms. The number of aromatic nitrogens is 1. The molecule has 3 nitrogen and oxygen atoms in total. The zero-order valence-corrected chi connectivity index (χ0v) is 12.1. The van der Waals surface area contributed by atoms with Crippen molar-refractivity contribution >= 4 is 15.9 Å². The fourth-order valence-electron chi connectivity index (χ4n) is 2.16. The summed E-state index contributed by atoms with van der Waals surface area (Å²) in [7, 11) is 0. The van der Waals surface area contributed by atoms with E-state index < -0.39 is 0 Å². The zero-order valence-electron chi connectivity index (χ0n) is 10.5. The van der Waals surface area contributed by atoms with Gasteiger partial charge < -0.3 is 10.2 Å². The van der Waals surface area contributed by atoms with E-state index in [-0.39, 0.29) is 11.8 Å². The summed E-state index contributed by atoms with van der Waals surface area (Å²) in [5, 5.41) is 20.5. The van der Waals surface area contributed by atoms with Gasteiger partial charge in [-0.15, -0.1) is 0 Å². The highest BCUT2D eigenvalue weighted by Gasteiger charge is 2.16. The summed E-state index contributed by atoms with van der Waals surface area (Å²) in [5.41, 5.74) is 2.16. The van der Waals surface area contributed by atoms with Crippen molar-refractivity contribution < 1.29 is 10.2 Å². The Kier molecular flexibility index (Phi) is 3.24. The minimum Gasteiger partial charge on any atom is -0.494 e. The highest BCUT2D eigenvalue weighted by molar-refractivity contribution is 9.10. The van der Waals surface area contributed by atoms with E-state index in [0.717, 1.165) is 10.0 Å². The Balaban J connectivity index is 2.14. The van der Waals surface area contributed by atoms with Gasteiger partial charge in [-0.3, -0.25) is 4.57 Å². The third-order valence-electron chi connectivity index (χ3n) is 3.12. The maximum absolute atomic E-state index is 10.4. The van der Waals surface area contributed by atoms with Crippen LogP contribution in [0.5, 0.6) is 11.8 Å². The van der Waals surface area contributed by atoms with Gasteiger partial charge in [0.15, 0.2) is 5.88 Å². The monoisotopic (exact) mass is 329 g/mol. The van der Waals surface area contributed by atoms with Crippen molar-refractivity contribution in [2.45, 2.75) is 0 Å². The molecule has 0 saturated heterocycles. The van der Waals surface area contributed by atoms with Crippen molar-refractivity contribution in [3.05, 3.63) is 65.1 Å². The molecule has 0 aliphatic heterocycles. The predicted octanol–water partition coefficient (Wildman–Crippen LogP) is 4.32. The summed E-state index contributed by atoms with van der Waals surface area (Å²) >= 11 is 3.36. The molecule has 0 spiro atoms. The van der Waals surface area contributed by atoms with E-state index >= 15 is 0 Å². The molecule has 1 heterocycles. The maximum Gasteiger partial charge on any atom is 0.206 e. The third-order valence-corrected chi connectivity index (χ3v) is 3.65. The fraction of sp³-hybridized carbons (Fsp3) is 0. The Morgan fingerprint density at radius 1 is 0.850 bits per heavy atom. The van der Waals surface area contributed by atoms with Gasteiger partial charge in [0.2, 0.25) is 5.88 Å². The van der Waals surface area contributed by atoms with Crippen molar-refractivity contribution in [3.8, 4) is 28.6 Å². The zero-order chi connectivity index (χ0) is 14.1. The first kappa shape index (κ1) is 12.8. The SMILES string of the molecule is Oc1cc(-c2ccccc2)c(O)n1-c1ccc(Br)cc1. The number of hydrogen-bond acceptors (Lipinski definition) is 2. The second-order valence-electron chi connectivity index (χ2n) is 4.42. The Morgan fingerprint density at radius 2 is 1.50 bits per heavy atom. The van der Waals surface area contributed by atoms with Gasteiger partial charge in [-0.05, 0) is 29.8 Å². The molecule has 2 N–H and O–H groups in total. The van der Waals surface area contributed by atoms with Gasteiger partial charge >= 0.3 is 0 Å². The van der Waals surface area contributed by atoms with Crippen molar-refractivity contribution in [1.29, 1.82) is 0 Å². The van der Waals surface area contributed by atoms with Crippen LogP contribution in [0.3, 0.4) is 0 Å². The summed E-state index contributed by atoms with van der Waals surface area (Å²) < 4.78 is 2.35. The lowest BCUT2D eigenvalue weighted by Crippen LogP contribution is -1.92. The van der Waals surface area contributed by atoms with Crippen LogP contribution in [-0.4, -0.2) is 14.8 Å². The highest BCUT2D eigenvalue weighted by atomic mass is 79.9. The minimum atomic E-state index is 0.00340. The molecular weight excluding hydrogens is 318 g/mol. The molecule has 3 aromatic rings.